The van der Waals surface area contributed by atoms with Crippen LogP contribution in [0, 0.1) is 5.82 Å². The number of ether oxygens (including phenoxy) is 1. The van der Waals surface area contributed by atoms with E-state index in [1.54, 1.807) is 6.07 Å². The van der Waals surface area contributed by atoms with Gasteiger partial charge in [0.25, 0.3) is 6.43 Å². The maximum absolute atomic E-state index is 14.4. The fourth-order valence-corrected chi connectivity index (χ4v) is 2.58. The van der Waals surface area contributed by atoms with Gasteiger partial charge in [-0.3, -0.25) is 0 Å². The van der Waals surface area contributed by atoms with Crippen molar-refractivity contribution in [3.63, 3.8) is 0 Å². The first kappa shape index (κ1) is 17.8. The van der Waals surface area contributed by atoms with Crippen LogP contribution >= 0.6 is 23.4 Å². The molecule has 0 spiro atoms. The van der Waals surface area contributed by atoms with Crippen LogP contribution in [0.25, 0.3) is 5.70 Å². The van der Waals surface area contributed by atoms with E-state index < -0.39 is 18.8 Å². The smallest absolute Gasteiger partial charge is 0.256 e. The van der Waals surface area contributed by atoms with Crippen LogP contribution in [0.4, 0.5) is 13.2 Å². The van der Waals surface area contributed by atoms with E-state index in [0.717, 1.165) is 0 Å². The van der Waals surface area contributed by atoms with Crippen molar-refractivity contribution in [3.05, 3.63) is 59.0 Å². The molecule has 0 atom stereocenters. The molecule has 7 heteroatoms. The van der Waals surface area contributed by atoms with Gasteiger partial charge in [-0.25, -0.2) is 13.2 Å². The molecule has 0 saturated heterocycles. The average molecular weight is 362 g/mol. The maximum atomic E-state index is 14.4. The van der Waals surface area contributed by atoms with Gasteiger partial charge >= 0.3 is 0 Å². The fourth-order valence-electron chi connectivity index (χ4n) is 2.17. The highest BCUT2D eigenvalue weighted by Gasteiger charge is 2.27. The zero-order valence-electron chi connectivity index (χ0n) is 12.4. The molecule has 1 aromatic carbocycles. The molecule has 0 radical (unpaired) electrons. The Hall–Kier alpha value is -1.53. The molecule has 1 aromatic rings. The van der Waals surface area contributed by atoms with E-state index in [4.69, 9.17) is 16.3 Å². The number of halogens is 4. The molecular formula is C16H15ClF3NOS. The van der Waals surface area contributed by atoms with Crippen LogP contribution in [-0.2, 0) is 0 Å². The number of alkyl halides is 2. The standard InChI is InChI=1S/C16H15ClF3NOS/c1-10-11(17)6-7-13(21(10)8-15(19)20)16-12(18)4-3-5-14(16)22-9-23-2/h3-7,15H,1,8-9H2,2H3. The molecule has 1 heterocycles. The van der Waals surface area contributed by atoms with Crippen molar-refractivity contribution in [2.45, 2.75) is 6.43 Å². The summed E-state index contributed by atoms with van der Waals surface area (Å²) in [6.07, 6.45) is 2.21. The lowest BCUT2D eigenvalue weighted by molar-refractivity contribution is 0.123. The quantitative estimate of drug-likeness (QED) is 0.655. The molecule has 124 valence electrons. The minimum atomic E-state index is -2.62. The summed E-state index contributed by atoms with van der Waals surface area (Å²) < 4.78 is 45.7. The van der Waals surface area contributed by atoms with Crippen molar-refractivity contribution in [1.29, 1.82) is 0 Å². The van der Waals surface area contributed by atoms with Gasteiger partial charge in [0.05, 0.1) is 28.5 Å². The second-order valence-corrected chi connectivity index (χ2v) is 5.90. The zero-order valence-corrected chi connectivity index (χ0v) is 13.9. The van der Waals surface area contributed by atoms with Crippen molar-refractivity contribution in [2.24, 2.45) is 0 Å². The fraction of sp³-hybridized carbons (Fsp3) is 0.250. The van der Waals surface area contributed by atoms with Gasteiger partial charge in [0.15, 0.2) is 0 Å². The van der Waals surface area contributed by atoms with Crippen LogP contribution in [0.1, 0.15) is 5.56 Å². The normalized spacial score (nSPS) is 14.9. The summed E-state index contributed by atoms with van der Waals surface area (Å²) in [6, 6.07) is 4.36. The number of allylic oxidation sites excluding steroid dienone is 3. The summed E-state index contributed by atoms with van der Waals surface area (Å²) in [5.74, 6) is 0.0354. The van der Waals surface area contributed by atoms with E-state index in [0.29, 0.717) is 5.94 Å². The van der Waals surface area contributed by atoms with Gasteiger partial charge in [0.1, 0.15) is 17.5 Å². The van der Waals surface area contributed by atoms with Gasteiger partial charge in [-0.05, 0) is 30.5 Å². The monoisotopic (exact) mass is 361 g/mol. The Morgan fingerprint density at radius 1 is 1.35 bits per heavy atom. The Kier molecular flexibility index (Phi) is 6.07. The Labute approximate surface area is 142 Å². The molecule has 1 aliphatic rings. The van der Waals surface area contributed by atoms with E-state index in [1.165, 1.54) is 40.9 Å². The summed E-state index contributed by atoms with van der Waals surface area (Å²) in [5, 5.41) is 0.234. The molecular weight excluding hydrogens is 347 g/mol. The topological polar surface area (TPSA) is 12.5 Å². The first-order chi connectivity index (χ1) is 11.0. The molecule has 23 heavy (non-hydrogen) atoms. The second kappa shape index (κ2) is 7.84. The summed E-state index contributed by atoms with van der Waals surface area (Å²) in [4.78, 5) is 1.21. The van der Waals surface area contributed by atoms with Gasteiger partial charge in [0, 0.05) is 0 Å². The SMILES string of the molecule is C=C1C(Cl)=CC=C(c2c(F)cccc2OCSC)N1CC(F)F. The predicted octanol–water partition coefficient (Wildman–Crippen LogP) is 5.08. The first-order valence-corrected chi connectivity index (χ1v) is 8.46. The van der Waals surface area contributed by atoms with E-state index in [2.05, 4.69) is 6.58 Å². The Bertz CT molecular complexity index is 661. The lowest BCUT2D eigenvalue weighted by Crippen LogP contribution is -2.29. The van der Waals surface area contributed by atoms with Gasteiger partial charge in [0.2, 0.25) is 0 Å². The molecule has 0 aliphatic carbocycles. The number of nitrogens with zero attached hydrogens (tertiary/aromatic N) is 1. The molecule has 0 saturated carbocycles. The highest BCUT2D eigenvalue weighted by molar-refractivity contribution is 7.98. The second-order valence-electron chi connectivity index (χ2n) is 4.68. The van der Waals surface area contributed by atoms with Crippen LogP contribution in [0.3, 0.4) is 0 Å². The van der Waals surface area contributed by atoms with Crippen molar-refractivity contribution in [1.82, 2.24) is 4.90 Å². The highest BCUT2D eigenvalue weighted by Crippen LogP contribution is 2.38. The zero-order chi connectivity index (χ0) is 17.0. The molecule has 2 rings (SSSR count). The number of thioether (sulfide) groups is 1. The minimum Gasteiger partial charge on any atom is -0.482 e. The van der Waals surface area contributed by atoms with Crippen molar-refractivity contribution < 1.29 is 17.9 Å². The van der Waals surface area contributed by atoms with Gasteiger partial charge < -0.3 is 9.64 Å². The largest absolute Gasteiger partial charge is 0.482 e. The molecule has 1 aliphatic heterocycles. The van der Waals surface area contributed by atoms with Crippen molar-refractivity contribution in [2.75, 3.05) is 18.7 Å². The molecule has 0 N–H and O–H groups in total. The van der Waals surface area contributed by atoms with E-state index in [1.807, 2.05) is 6.26 Å². The van der Waals surface area contributed by atoms with Crippen LogP contribution in [-0.4, -0.2) is 30.1 Å². The van der Waals surface area contributed by atoms with Crippen molar-refractivity contribution >= 4 is 29.1 Å². The Morgan fingerprint density at radius 3 is 2.74 bits per heavy atom. The maximum Gasteiger partial charge on any atom is 0.256 e. The van der Waals surface area contributed by atoms with E-state index in [-0.39, 0.29) is 27.7 Å². The predicted molar refractivity (Wildman–Crippen MR) is 89.2 cm³/mol. The van der Waals surface area contributed by atoms with Gasteiger partial charge in [-0.15, -0.1) is 11.8 Å². The summed E-state index contributed by atoms with van der Waals surface area (Å²) in [7, 11) is 0. The number of hydrogen-bond acceptors (Lipinski definition) is 3. The van der Waals surface area contributed by atoms with Gasteiger partial charge in [-0.2, -0.15) is 0 Å². The number of benzene rings is 1. The third-order valence-corrected chi connectivity index (χ3v) is 3.86. The summed E-state index contributed by atoms with van der Waals surface area (Å²) >= 11 is 7.39. The Morgan fingerprint density at radius 2 is 2.09 bits per heavy atom. The molecule has 0 amide bonds. The molecule has 0 bridgehead atoms. The molecule has 0 aromatic heterocycles. The lowest BCUT2D eigenvalue weighted by Gasteiger charge is -2.32. The molecule has 2 nitrogen and oxygen atoms in total. The lowest BCUT2D eigenvalue weighted by atomic mass is 10.0. The minimum absolute atomic E-state index is 0.115. The highest BCUT2D eigenvalue weighted by atomic mass is 35.5. The van der Waals surface area contributed by atoms with E-state index >= 15 is 0 Å². The summed E-state index contributed by atoms with van der Waals surface area (Å²) in [5.41, 5.74) is 0.557. The Balaban J connectivity index is 2.51. The van der Waals surface area contributed by atoms with Crippen LogP contribution in [0.5, 0.6) is 5.75 Å². The van der Waals surface area contributed by atoms with Crippen LogP contribution < -0.4 is 4.74 Å². The number of hydrogen-bond donors (Lipinski definition) is 0. The van der Waals surface area contributed by atoms with Crippen molar-refractivity contribution in [3.8, 4) is 5.75 Å². The van der Waals surface area contributed by atoms with Crippen LogP contribution in [0.2, 0.25) is 0 Å². The first-order valence-electron chi connectivity index (χ1n) is 6.68. The van der Waals surface area contributed by atoms with Crippen LogP contribution in [0.15, 0.2) is 47.7 Å². The third kappa shape index (κ3) is 4.06. The average Bonchev–Trinajstić information content (AvgIpc) is 2.50. The van der Waals surface area contributed by atoms with Gasteiger partial charge in [-0.1, -0.05) is 24.2 Å². The third-order valence-electron chi connectivity index (χ3n) is 3.16. The van der Waals surface area contributed by atoms with E-state index in [9.17, 15) is 13.2 Å². The summed E-state index contributed by atoms with van der Waals surface area (Å²) in [6.45, 7) is 3.08. The molecule has 0 fully saturated rings. The molecule has 0 unspecified atom stereocenters. The number of rotatable bonds is 6.